The summed E-state index contributed by atoms with van der Waals surface area (Å²) in [5.74, 6) is 1.23. The van der Waals surface area contributed by atoms with Crippen LogP contribution < -0.4 is 10.6 Å². The number of guanidine groups is 1. The van der Waals surface area contributed by atoms with Gasteiger partial charge in [0, 0.05) is 27.2 Å². The Morgan fingerprint density at radius 2 is 1.83 bits per heavy atom. The van der Waals surface area contributed by atoms with E-state index in [9.17, 15) is 0 Å². The highest BCUT2D eigenvalue weighted by Gasteiger charge is 2.06. The monoisotopic (exact) mass is 435 g/mol. The van der Waals surface area contributed by atoms with Gasteiger partial charge in [-0.25, -0.2) is 0 Å². The topological polar surface area (TPSA) is 54.9 Å². The van der Waals surface area contributed by atoms with Crippen LogP contribution in [0.25, 0.3) is 0 Å². The van der Waals surface area contributed by atoms with Gasteiger partial charge in [-0.15, -0.1) is 24.0 Å². The van der Waals surface area contributed by atoms with Crippen molar-refractivity contribution < 1.29 is 9.47 Å². The molecule has 1 aromatic rings. The van der Waals surface area contributed by atoms with E-state index in [2.05, 4.69) is 53.7 Å². The molecule has 0 saturated heterocycles. The smallest absolute Gasteiger partial charge is 0.191 e. The van der Waals surface area contributed by atoms with Crippen LogP contribution in [0.15, 0.2) is 29.3 Å². The zero-order valence-electron chi connectivity index (χ0n) is 14.6. The average Bonchev–Trinajstić information content (AvgIpc) is 2.54. The summed E-state index contributed by atoms with van der Waals surface area (Å²) in [5, 5.41) is 6.58. The van der Waals surface area contributed by atoms with Crippen LogP contribution in [-0.2, 0) is 9.47 Å². The SMILES string of the molecule is CN=C(NCCOCCOC)NCC(C)c1ccc(C)cc1.I. The second-order valence-corrected chi connectivity index (χ2v) is 5.30. The molecule has 5 nitrogen and oxygen atoms in total. The number of hydrogen-bond acceptors (Lipinski definition) is 3. The fourth-order valence-electron chi connectivity index (χ4n) is 1.97. The fourth-order valence-corrected chi connectivity index (χ4v) is 1.97. The molecule has 2 N–H and O–H groups in total. The molecular weight excluding hydrogens is 405 g/mol. The number of nitrogens with zero attached hydrogens (tertiary/aromatic N) is 1. The summed E-state index contributed by atoms with van der Waals surface area (Å²) >= 11 is 0. The highest BCUT2D eigenvalue weighted by molar-refractivity contribution is 14.0. The van der Waals surface area contributed by atoms with Gasteiger partial charge in [0.15, 0.2) is 5.96 Å². The van der Waals surface area contributed by atoms with Gasteiger partial charge >= 0.3 is 0 Å². The van der Waals surface area contributed by atoms with Gasteiger partial charge in [-0.05, 0) is 18.4 Å². The third-order valence-electron chi connectivity index (χ3n) is 3.42. The molecule has 0 aliphatic carbocycles. The first-order valence-corrected chi connectivity index (χ1v) is 7.75. The van der Waals surface area contributed by atoms with Crippen LogP contribution in [-0.4, -0.2) is 53.0 Å². The van der Waals surface area contributed by atoms with Crippen LogP contribution in [0.5, 0.6) is 0 Å². The molecule has 0 fully saturated rings. The van der Waals surface area contributed by atoms with Gasteiger partial charge in [0.25, 0.3) is 0 Å². The molecule has 0 spiro atoms. The van der Waals surface area contributed by atoms with Crippen LogP contribution >= 0.6 is 24.0 Å². The Balaban J connectivity index is 0.00000484. The molecule has 0 saturated carbocycles. The first kappa shape index (κ1) is 22.1. The minimum atomic E-state index is 0. The molecule has 0 amide bonds. The van der Waals surface area contributed by atoms with Crippen LogP contribution in [0.3, 0.4) is 0 Å². The van der Waals surface area contributed by atoms with Crippen molar-refractivity contribution in [3.8, 4) is 0 Å². The number of benzene rings is 1. The van der Waals surface area contributed by atoms with Gasteiger partial charge in [-0.3, -0.25) is 4.99 Å². The third-order valence-corrected chi connectivity index (χ3v) is 3.42. The van der Waals surface area contributed by atoms with Crippen molar-refractivity contribution in [3.63, 3.8) is 0 Å². The summed E-state index contributed by atoms with van der Waals surface area (Å²) in [6.45, 7) is 7.76. The number of ether oxygens (including phenoxy) is 2. The predicted molar refractivity (Wildman–Crippen MR) is 107 cm³/mol. The van der Waals surface area contributed by atoms with E-state index in [1.165, 1.54) is 11.1 Å². The quantitative estimate of drug-likeness (QED) is 0.271. The van der Waals surface area contributed by atoms with Crippen molar-refractivity contribution in [1.82, 2.24) is 10.6 Å². The Kier molecular flexibility index (Phi) is 13.1. The number of halogens is 1. The Morgan fingerprint density at radius 3 is 2.43 bits per heavy atom. The van der Waals surface area contributed by atoms with Crippen molar-refractivity contribution in [2.24, 2.45) is 4.99 Å². The lowest BCUT2D eigenvalue weighted by atomic mass is 10.0. The number of aliphatic imine (C=N–C) groups is 1. The van der Waals surface area contributed by atoms with Crippen molar-refractivity contribution in [2.75, 3.05) is 47.1 Å². The van der Waals surface area contributed by atoms with Crippen molar-refractivity contribution in [2.45, 2.75) is 19.8 Å². The Labute approximate surface area is 157 Å². The molecule has 0 heterocycles. The standard InChI is InChI=1S/C17H29N3O2.HI/c1-14-5-7-16(8-6-14)15(2)13-20-17(18-3)19-9-10-22-12-11-21-4;/h5-8,15H,9-13H2,1-4H3,(H2,18,19,20);1H. The van der Waals surface area contributed by atoms with E-state index in [0.29, 0.717) is 25.7 Å². The summed E-state index contributed by atoms with van der Waals surface area (Å²) in [6, 6.07) is 8.66. The highest BCUT2D eigenvalue weighted by atomic mass is 127. The zero-order chi connectivity index (χ0) is 16.2. The number of methoxy groups -OCH3 is 1. The largest absolute Gasteiger partial charge is 0.382 e. The molecular formula is C17H30IN3O2. The molecule has 6 heteroatoms. The molecule has 0 radical (unpaired) electrons. The van der Waals surface area contributed by atoms with Gasteiger partial charge in [0.1, 0.15) is 0 Å². The minimum absolute atomic E-state index is 0. The first-order valence-electron chi connectivity index (χ1n) is 7.75. The highest BCUT2D eigenvalue weighted by Crippen LogP contribution is 2.14. The molecule has 1 aromatic carbocycles. The van der Waals surface area contributed by atoms with Gasteiger partial charge in [-0.2, -0.15) is 0 Å². The van der Waals surface area contributed by atoms with Crippen molar-refractivity contribution in [1.29, 1.82) is 0 Å². The lowest BCUT2D eigenvalue weighted by Crippen LogP contribution is -2.40. The number of nitrogens with one attached hydrogen (secondary N) is 2. The fraction of sp³-hybridized carbons (Fsp3) is 0.588. The van der Waals surface area contributed by atoms with E-state index in [1.807, 2.05) is 0 Å². The molecule has 132 valence electrons. The molecule has 1 rings (SSSR count). The normalized spacial score (nSPS) is 12.4. The zero-order valence-corrected chi connectivity index (χ0v) is 16.9. The van der Waals surface area contributed by atoms with Gasteiger partial charge in [0.2, 0.25) is 0 Å². The average molecular weight is 435 g/mol. The molecule has 1 atom stereocenters. The van der Waals surface area contributed by atoms with E-state index >= 15 is 0 Å². The second kappa shape index (κ2) is 13.6. The van der Waals surface area contributed by atoms with E-state index in [-0.39, 0.29) is 24.0 Å². The molecule has 1 unspecified atom stereocenters. The van der Waals surface area contributed by atoms with E-state index < -0.39 is 0 Å². The third kappa shape index (κ3) is 9.78. The Bertz CT molecular complexity index is 438. The van der Waals surface area contributed by atoms with E-state index in [4.69, 9.17) is 9.47 Å². The van der Waals surface area contributed by atoms with Crippen LogP contribution in [0.2, 0.25) is 0 Å². The molecule has 23 heavy (non-hydrogen) atoms. The van der Waals surface area contributed by atoms with Crippen LogP contribution in [0.4, 0.5) is 0 Å². The summed E-state index contributed by atoms with van der Waals surface area (Å²) in [5.41, 5.74) is 2.62. The lowest BCUT2D eigenvalue weighted by molar-refractivity contribution is 0.0733. The summed E-state index contributed by atoms with van der Waals surface area (Å²) in [4.78, 5) is 4.22. The minimum Gasteiger partial charge on any atom is -0.382 e. The van der Waals surface area contributed by atoms with Gasteiger partial charge in [0.05, 0.1) is 19.8 Å². The van der Waals surface area contributed by atoms with Crippen molar-refractivity contribution >= 4 is 29.9 Å². The summed E-state index contributed by atoms with van der Waals surface area (Å²) < 4.78 is 10.3. The number of rotatable bonds is 9. The number of hydrogen-bond donors (Lipinski definition) is 2. The van der Waals surface area contributed by atoms with Gasteiger partial charge < -0.3 is 20.1 Å². The van der Waals surface area contributed by atoms with Crippen LogP contribution in [0.1, 0.15) is 24.0 Å². The van der Waals surface area contributed by atoms with Gasteiger partial charge in [-0.1, -0.05) is 36.8 Å². The predicted octanol–water partition coefficient (Wildman–Crippen LogP) is 2.54. The summed E-state index contributed by atoms with van der Waals surface area (Å²) in [7, 11) is 3.44. The van der Waals surface area contributed by atoms with Crippen molar-refractivity contribution in [3.05, 3.63) is 35.4 Å². The Hall–Kier alpha value is -0.860. The number of aryl methyl sites for hydroxylation is 1. The maximum Gasteiger partial charge on any atom is 0.191 e. The maximum atomic E-state index is 5.40. The molecule has 0 aromatic heterocycles. The first-order chi connectivity index (χ1) is 10.7. The molecule has 0 aliphatic heterocycles. The maximum absolute atomic E-state index is 5.40. The Morgan fingerprint density at radius 1 is 1.13 bits per heavy atom. The lowest BCUT2D eigenvalue weighted by Gasteiger charge is -2.16. The van der Waals surface area contributed by atoms with E-state index in [0.717, 1.165) is 19.0 Å². The summed E-state index contributed by atoms with van der Waals surface area (Å²) in [6.07, 6.45) is 0. The molecule has 0 aliphatic rings. The second-order valence-electron chi connectivity index (χ2n) is 5.30. The van der Waals surface area contributed by atoms with Crippen LogP contribution in [0, 0.1) is 6.92 Å². The van der Waals surface area contributed by atoms with E-state index in [1.54, 1.807) is 14.2 Å². The molecule has 0 bridgehead atoms.